The second-order valence-corrected chi connectivity index (χ2v) is 7.93. The van der Waals surface area contributed by atoms with Gasteiger partial charge in [0.1, 0.15) is 15.1 Å². The van der Waals surface area contributed by atoms with Gasteiger partial charge in [-0.15, -0.1) is 0 Å². The summed E-state index contributed by atoms with van der Waals surface area (Å²) in [6, 6.07) is 0. The normalized spacial score (nSPS) is 14.8. The van der Waals surface area contributed by atoms with E-state index < -0.39 is 25.1 Å². The first kappa shape index (κ1) is 14.8. The van der Waals surface area contributed by atoms with E-state index in [0.717, 1.165) is 6.26 Å². The van der Waals surface area contributed by atoms with Gasteiger partial charge in [0.05, 0.1) is 10.7 Å². The van der Waals surface area contributed by atoms with Gasteiger partial charge in [0.15, 0.2) is 0 Å². The molecule has 15 heavy (non-hydrogen) atoms. The lowest BCUT2D eigenvalue weighted by molar-refractivity contribution is 0.579. The van der Waals surface area contributed by atoms with Crippen LogP contribution in [0.1, 0.15) is 6.92 Å². The monoisotopic (exact) mass is 274 g/mol. The number of hydrogen-bond acceptors (Lipinski definition) is 5. The van der Waals surface area contributed by atoms with Crippen molar-refractivity contribution in [1.29, 1.82) is 0 Å². The van der Waals surface area contributed by atoms with Gasteiger partial charge in [0, 0.05) is 12.8 Å². The lowest BCUT2D eigenvalue weighted by Crippen LogP contribution is -2.41. The number of sulfonamides is 1. The molecule has 0 spiro atoms. The molecule has 9 heteroatoms. The van der Waals surface area contributed by atoms with Crippen LogP contribution in [0.3, 0.4) is 0 Å². The Bertz CT molecular complexity index is 425. The lowest BCUT2D eigenvalue weighted by Gasteiger charge is -2.11. The molecule has 1 atom stereocenters. The maximum Gasteiger partial charge on any atom is 0.220 e. The molecule has 3 N–H and O–H groups in total. The van der Waals surface area contributed by atoms with Crippen LogP contribution in [-0.2, 0) is 19.9 Å². The van der Waals surface area contributed by atoms with E-state index in [1.165, 1.54) is 6.92 Å². The van der Waals surface area contributed by atoms with Crippen LogP contribution in [0.2, 0.25) is 0 Å². The third kappa shape index (κ3) is 6.03. The first-order valence-electron chi connectivity index (χ1n) is 4.02. The van der Waals surface area contributed by atoms with Crippen LogP contribution in [-0.4, -0.2) is 45.6 Å². The molecule has 0 aromatic rings. The zero-order valence-corrected chi connectivity index (χ0v) is 10.9. The Hall–Kier alpha value is -0.250. The fourth-order valence-electron chi connectivity index (χ4n) is 0.647. The maximum absolute atomic E-state index is 11.4. The average Bonchev–Trinajstić information content (AvgIpc) is 1.99. The summed E-state index contributed by atoms with van der Waals surface area (Å²) in [6.07, 6.45) is 1.03. The van der Waals surface area contributed by atoms with Crippen molar-refractivity contribution in [2.45, 2.75) is 12.2 Å². The maximum atomic E-state index is 11.4. The molecule has 0 saturated carbocycles. The molecular weight excluding hydrogens is 260 g/mol. The van der Waals surface area contributed by atoms with Gasteiger partial charge >= 0.3 is 0 Å². The van der Waals surface area contributed by atoms with Gasteiger partial charge < -0.3 is 5.73 Å². The number of thiocarbonyl (C=S) groups is 1. The summed E-state index contributed by atoms with van der Waals surface area (Å²) in [5, 5.41) is -1.01. The molecule has 0 fully saturated rings. The molecule has 0 aliphatic heterocycles. The molecule has 0 amide bonds. The van der Waals surface area contributed by atoms with E-state index in [9.17, 15) is 16.8 Å². The Morgan fingerprint density at radius 1 is 1.40 bits per heavy atom. The third-order valence-corrected chi connectivity index (χ3v) is 4.88. The Balaban J connectivity index is 4.36. The van der Waals surface area contributed by atoms with Crippen molar-refractivity contribution in [3.63, 3.8) is 0 Å². The minimum atomic E-state index is -3.66. The Labute approximate surface area is 95.2 Å². The summed E-state index contributed by atoms with van der Waals surface area (Å²) in [4.78, 5) is -0.151. The number of nitrogens with one attached hydrogen (secondary N) is 1. The fraction of sp³-hybridized carbons (Fsp3) is 0.833. The highest BCUT2D eigenvalue weighted by Crippen LogP contribution is 1.98. The average molecular weight is 274 g/mol. The summed E-state index contributed by atoms with van der Waals surface area (Å²) in [7, 11) is -6.85. The summed E-state index contributed by atoms with van der Waals surface area (Å²) in [6.45, 7) is 1.17. The minimum Gasteiger partial charge on any atom is -0.392 e. The largest absolute Gasteiger partial charge is 0.392 e. The predicted molar refractivity (Wildman–Crippen MR) is 62.9 cm³/mol. The second kappa shape index (κ2) is 5.19. The third-order valence-electron chi connectivity index (χ3n) is 1.64. The van der Waals surface area contributed by atoms with Crippen LogP contribution in [0.15, 0.2) is 0 Å². The van der Waals surface area contributed by atoms with Crippen LogP contribution in [0, 0.1) is 0 Å². The van der Waals surface area contributed by atoms with E-state index in [0.29, 0.717) is 0 Å². The molecular formula is C6H14N2O4S3. The Morgan fingerprint density at radius 2 is 1.87 bits per heavy atom. The zero-order chi connectivity index (χ0) is 12.3. The van der Waals surface area contributed by atoms with Gasteiger partial charge in [-0.3, -0.25) is 0 Å². The van der Waals surface area contributed by atoms with Gasteiger partial charge in [-0.05, 0) is 6.92 Å². The molecule has 0 bridgehead atoms. The van der Waals surface area contributed by atoms with Crippen molar-refractivity contribution in [2.24, 2.45) is 5.73 Å². The van der Waals surface area contributed by atoms with Crippen molar-refractivity contribution in [2.75, 3.05) is 18.6 Å². The number of rotatable bonds is 6. The van der Waals surface area contributed by atoms with E-state index in [-0.39, 0.29) is 17.3 Å². The SMILES string of the molecule is CC(C(N)=S)S(=O)(=O)NCCS(C)(=O)=O. The Morgan fingerprint density at radius 3 is 2.20 bits per heavy atom. The summed E-state index contributed by atoms with van der Waals surface area (Å²) >= 11 is 4.53. The highest BCUT2D eigenvalue weighted by molar-refractivity contribution is 7.93. The quantitative estimate of drug-likeness (QED) is 0.579. The predicted octanol–water partition coefficient (Wildman–Crippen LogP) is -1.37. The van der Waals surface area contributed by atoms with E-state index >= 15 is 0 Å². The molecule has 0 heterocycles. The highest BCUT2D eigenvalue weighted by Gasteiger charge is 2.22. The molecule has 0 rings (SSSR count). The topological polar surface area (TPSA) is 106 Å². The standard InChI is InChI=1S/C6H14N2O4S3/c1-5(6(7)13)15(11,12)8-3-4-14(2,9)10/h5,8H,3-4H2,1-2H3,(H2,7,13). The van der Waals surface area contributed by atoms with E-state index in [1.54, 1.807) is 0 Å². The highest BCUT2D eigenvalue weighted by atomic mass is 32.2. The van der Waals surface area contributed by atoms with Gasteiger partial charge in [-0.2, -0.15) is 0 Å². The lowest BCUT2D eigenvalue weighted by atomic mass is 10.5. The number of sulfone groups is 1. The fourth-order valence-corrected chi connectivity index (χ4v) is 2.57. The van der Waals surface area contributed by atoms with Gasteiger partial charge in [-0.25, -0.2) is 21.6 Å². The Kier molecular flexibility index (Phi) is 5.10. The van der Waals surface area contributed by atoms with Crippen LogP contribution >= 0.6 is 12.2 Å². The molecule has 0 saturated heterocycles. The molecule has 6 nitrogen and oxygen atoms in total. The second-order valence-electron chi connectivity index (χ2n) is 3.11. The molecule has 0 aromatic heterocycles. The first-order valence-corrected chi connectivity index (χ1v) is 8.03. The zero-order valence-electron chi connectivity index (χ0n) is 8.43. The van der Waals surface area contributed by atoms with Gasteiger partial charge in [0.2, 0.25) is 10.0 Å². The van der Waals surface area contributed by atoms with Gasteiger partial charge in [-0.1, -0.05) is 12.2 Å². The molecule has 0 radical (unpaired) electrons. The first-order chi connectivity index (χ1) is 6.56. The van der Waals surface area contributed by atoms with Crippen LogP contribution in [0.4, 0.5) is 0 Å². The van der Waals surface area contributed by atoms with Crippen molar-refractivity contribution in [3.05, 3.63) is 0 Å². The van der Waals surface area contributed by atoms with E-state index in [4.69, 9.17) is 5.73 Å². The van der Waals surface area contributed by atoms with Crippen molar-refractivity contribution >= 4 is 37.1 Å². The van der Waals surface area contributed by atoms with E-state index in [1.807, 2.05) is 0 Å². The van der Waals surface area contributed by atoms with Crippen molar-refractivity contribution in [3.8, 4) is 0 Å². The summed E-state index contributed by atoms with van der Waals surface area (Å²) < 4.78 is 46.4. The summed E-state index contributed by atoms with van der Waals surface area (Å²) in [5.74, 6) is -0.254. The van der Waals surface area contributed by atoms with Crippen LogP contribution in [0.25, 0.3) is 0 Å². The van der Waals surface area contributed by atoms with Crippen molar-refractivity contribution < 1.29 is 16.8 Å². The van der Waals surface area contributed by atoms with Crippen LogP contribution < -0.4 is 10.5 Å². The molecule has 0 aliphatic carbocycles. The minimum absolute atomic E-state index is 0.151. The smallest absolute Gasteiger partial charge is 0.220 e. The molecule has 0 aromatic carbocycles. The number of nitrogens with two attached hydrogens (primary N) is 1. The molecule has 1 unspecified atom stereocenters. The number of hydrogen-bond donors (Lipinski definition) is 2. The molecule has 0 aliphatic rings. The van der Waals surface area contributed by atoms with Crippen molar-refractivity contribution in [1.82, 2.24) is 4.72 Å². The molecule has 90 valence electrons. The van der Waals surface area contributed by atoms with E-state index in [2.05, 4.69) is 16.9 Å². The van der Waals surface area contributed by atoms with Gasteiger partial charge in [0.25, 0.3) is 0 Å². The summed E-state index contributed by atoms with van der Waals surface area (Å²) in [5.41, 5.74) is 5.17. The van der Waals surface area contributed by atoms with Crippen LogP contribution in [0.5, 0.6) is 0 Å².